The van der Waals surface area contributed by atoms with Gasteiger partial charge in [0, 0.05) is 18.8 Å². The Balaban J connectivity index is 1.41. The topological polar surface area (TPSA) is 82.0 Å². The minimum absolute atomic E-state index is 0.0387. The third-order valence-electron chi connectivity index (χ3n) is 4.35. The van der Waals surface area contributed by atoms with Crippen molar-refractivity contribution in [3.63, 3.8) is 0 Å². The number of nitrogens with zero attached hydrogens (tertiary/aromatic N) is 4. The number of methoxy groups -OCH3 is 1. The number of fused-ring (bicyclic) bond motifs is 1. The monoisotopic (exact) mass is 447 g/mol. The van der Waals surface area contributed by atoms with Crippen LogP contribution >= 0.6 is 11.3 Å². The molecular weight excluding hydrogens is 431 g/mol. The molecule has 0 saturated carbocycles. The lowest BCUT2D eigenvalue weighted by Gasteiger charge is -2.12. The van der Waals surface area contributed by atoms with Crippen LogP contribution in [-0.4, -0.2) is 33.6 Å². The number of anilines is 1. The smallest absolute Gasteiger partial charge is 0.417 e. The van der Waals surface area contributed by atoms with Crippen molar-refractivity contribution in [2.75, 3.05) is 19.0 Å². The number of ether oxygens (including phenoxy) is 2. The summed E-state index contributed by atoms with van der Waals surface area (Å²) in [5.41, 5.74) is 2.59. The van der Waals surface area contributed by atoms with Crippen LogP contribution < -0.4 is 14.8 Å². The van der Waals surface area contributed by atoms with E-state index in [0.29, 0.717) is 30.3 Å². The first-order valence-corrected chi connectivity index (χ1v) is 9.98. The number of benzene rings is 1. The molecule has 160 valence electrons. The Morgan fingerprint density at radius 1 is 1.03 bits per heavy atom. The van der Waals surface area contributed by atoms with Gasteiger partial charge in [-0.3, -0.25) is 0 Å². The molecule has 0 aliphatic carbocycles. The molecule has 0 radical (unpaired) electrons. The Labute approximate surface area is 178 Å². The molecule has 3 heterocycles. The van der Waals surface area contributed by atoms with E-state index in [1.165, 1.54) is 30.8 Å². The zero-order valence-electron chi connectivity index (χ0n) is 16.2. The van der Waals surface area contributed by atoms with E-state index in [-0.39, 0.29) is 5.88 Å². The molecule has 0 amide bonds. The van der Waals surface area contributed by atoms with Gasteiger partial charge in [0.25, 0.3) is 0 Å². The van der Waals surface area contributed by atoms with Crippen LogP contribution in [0, 0.1) is 0 Å². The first-order chi connectivity index (χ1) is 14.9. The van der Waals surface area contributed by atoms with Crippen LogP contribution in [-0.2, 0) is 12.6 Å². The molecule has 0 saturated heterocycles. The first-order valence-electron chi connectivity index (χ1n) is 9.10. The van der Waals surface area contributed by atoms with E-state index in [4.69, 9.17) is 9.47 Å². The van der Waals surface area contributed by atoms with E-state index >= 15 is 0 Å². The predicted octanol–water partition coefficient (Wildman–Crippen LogP) is 4.96. The Morgan fingerprint density at radius 3 is 2.65 bits per heavy atom. The highest BCUT2D eigenvalue weighted by Crippen LogP contribution is 2.33. The van der Waals surface area contributed by atoms with Gasteiger partial charge in [0.2, 0.25) is 5.88 Å². The minimum atomic E-state index is -4.45. The zero-order chi connectivity index (χ0) is 21.8. The lowest BCUT2D eigenvalue weighted by Crippen LogP contribution is -2.07. The normalized spacial score (nSPS) is 11.5. The Bertz CT molecular complexity index is 1180. The second kappa shape index (κ2) is 8.72. The summed E-state index contributed by atoms with van der Waals surface area (Å²) < 4.78 is 49.0. The maximum absolute atomic E-state index is 12.7. The largest absolute Gasteiger partial charge is 0.493 e. The average Bonchev–Trinajstić information content (AvgIpc) is 3.24. The Hall–Kier alpha value is -3.47. The molecule has 0 atom stereocenters. The molecule has 4 rings (SSSR count). The fourth-order valence-electron chi connectivity index (χ4n) is 2.82. The van der Waals surface area contributed by atoms with Gasteiger partial charge in [0.1, 0.15) is 16.7 Å². The molecule has 0 bridgehead atoms. The van der Waals surface area contributed by atoms with Crippen LogP contribution in [0.5, 0.6) is 17.4 Å². The number of rotatable bonds is 7. The van der Waals surface area contributed by atoms with Crippen molar-refractivity contribution in [3.8, 4) is 17.4 Å². The van der Waals surface area contributed by atoms with Gasteiger partial charge in [0.15, 0.2) is 17.3 Å². The highest BCUT2D eigenvalue weighted by molar-refractivity contribution is 7.16. The van der Waals surface area contributed by atoms with Crippen LogP contribution in [0.2, 0.25) is 0 Å². The lowest BCUT2D eigenvalue weighted by atomic mass is 10.1. The fourth-order valence-corrected chi connectivity index (χ4v) is 3.45. The molecule has 0 aliphatic heterocycles. The van der Waals surface area contributed by atoms with Crippen LogP contribution in [0.1, 0.15) is 11.1 Å². The van der Waals surface area contributed by atoms with E-state index < -0.39 is 11.7 Å². The van der Waals surface area contributed by atoms with E-state index in [2.05, 4.69) is 25.3 Å². The third kappa shape index (κ3) is 4.82. The Kier molecular flexibility index (Phi) is 5.85. The molecule has 0 aliphatic rings. The summed E-state index contributed by atoms with van der Waals surface area (Å²) >= 11 is 1.45. The number of alkyl halides is 3. The van der Waals surface area contributed by atoms with Gasteiger partial charge in [-0.1, -0.05) is 6.07 Å². The molecule has 1 N–H and O–H groups in total. The van der Waals surface area contributed by atoms with Crippen molar-refractivity contribution >= 4 is 27.5 Å². The highest BCUT2D eigenvalue weighted by atomic mass is 32.1. The fraction of sp³-hybridized carbons (Fsp3) is 0.200. The minimum Gasteiger partial charge on any atom is -0.493 e. The first kappa shape index (κ1) is 20.8. The molecule has 0 unspecified atom stereocenters. The second-order valence-electron chi connectivity index (χ2n) is 6.38. The van der Waals surface area contributed by atoms with Crippen molar-refractivity contribution in [3.05, 3.63) is 59.5 Å². The molecule has 1 aromatic carbocycles. The number of thiazole rings is 1. The molecule has 11 heteroatoms. The van der Waals surface area contributed by atoms with Gasteiger partial charge in [-0.05, 0) is 30.2 Å². The zero-order valence-corrected chi connectivity index (χ0v) is 17.0. The summed E-state index contributed by atoms with van der Waals surface area (Å²) in [5.74, 6) is 1.51. The lowest BCUT2D eigenvalue weighted by molar-refractivity contribution is -0.137. The molecule has 7 nitrogen and oxygen atoms in total. The van der Waals surface area contributed by atoms with Gasteiger partial charge < -0.3 is 14.8 Å². The maximum Gasteiger partial charge on any atom is 0.417 e. The summed E-state index contributed by atoms with van der Waals surface area (Å²) in [7, 11) is 1.49. The average molecular weight is 447 g/mol. The van der Waals surface area contributed by atoms with Crippen LogP contribution in [0.15, 0.2) is 48.4 Å². The number of halogens is 3. The summed E-state index contributed by atoms with van der Waals surface area (Å²) in [6.45, 7) is 0.605. The summed E-state index contributed by atoms with van der Waals surface area (Å²) in [6, 6.07) is 7.43. The van der Waals surface area contributed by atoms with Crippen molar-refractivity contribution in [2.24, 2.45) is 0 Å². The van der Waals surface area contributed by atoms with E-state index in [0.717, 1.165) is 28.2 Å². The molecular formula is C20H16F3N5O2S. The second-order valence-corrected chi connectivity index (χ2v) is 7.21. The van der Waals surface area contributed by atoms with E-state index in [1.54, 1.807) is 17.6 Å². The quantitative estimate of drug-likeness (QED) is 0.429. The predicted molar refractivity (Wildman–Crippen MR) is 110 cm³/mol. The molecule has 0 spiro atoms. The van der Waals surface area contributed by atoms with Gasteiger partial charge in [0.05, 0.1) is 18.2 Å². The van der Waals surface area contributed by atoms with E-state index in [9.17, 15) is 13.2 Å². The van der Waals surface area contributed by atoms with Crippen molar-refractivity contribution in [1.82, 2.24) is 19.9 Å². The summed E-state index contributed by atoms with van der Waals surface area (Å²) in [4.78, 5) is 17.2. The van der Waals surface area contributed by atoms with Crippen LogP contribution in [0.25, 0.3) is 10.3 Å². The van der Waals surface area contributed by atoms with Crippen molar-refractivity contribution in [1.29, 1.82) is 0 Å². The van der Waals surface area contributed by atoms with Crippen LogP contribution in [0.4, 0.5) is 19.0 Å². The maximum atomic E-state index is 12.7. The third-order valence-corrected chi connectivity index (χ3v) is 5.08. The highest BCUT2D eigenvalue weighted by Gasteiger charge is 2.30. The molecule has 31 heavy (non-hydrogen) atoms. The van der Waals surface area contributed by atoms with Gasteiger partial charge in [-0.2, -0.15) is 13.2 Å². The number of pyridine rings is 1. The van der Waals surface area contributed by atoms with Gasteiger partial charge >= 0.3 is 6.18 Å². The number of hydrogen-bond acceptors (Lipinski definition) is 8. The Morgan fingerprint density at radius 2 is 1.90 bits per heavy atom. The number of nitrogens with one attached hydrogen (secondary N) is 1. The molecule has 4 aromatic rings. The molecule has 0 fully saturated rings. The SMILES string of the molecule is COc1cc(CCNc2ncnc3scnc23)ccc1Oc1ccc(C(F)(F)F)cn1. The van der Waals surface area contributed by atoms with Crippen LogP contribution in [0.3, 0.4) is 0 Å². The van der Waals surface area contributed by atoms with Crippen molar-refractivity contribution in [2.45, 2.75) is 12.6 Å². The van der Waals surface area contributed by atoms with E-state index in [1.807, 2.05) is 6.07 Å². The van der Waals surface area contributed by atoms with Gasteiger partial charge in [-0.25, -0.2) is 19.9 Å². The molecule has 3 aromatic heterocycles. The summed E-state index contributed by atoms with van der Waals surface area (Å²) in [6.07, 6.45) is -1.55. The standard InChI is InChI=1S/C20H16F3N5O2S/c1-29-15-8-12(6-7-24-18-17-19(27-10-26-18)31-11-28-17)2-4-14(15)30-16-5-3-13(9-25-16)20(21,22)23/h2-5,8-11H,6-7H2,1H3,(H,24,26,27). The summed E-state index contributed by atoms with van der Waals surface area (Å²) in [5, 5.41) is 3.25. The van der Waals surface area contributed by atoms with Gasteiger partial charge in [-0.15, -0.1) is 11.3 Å². The number of hydrogen-bond donors (Lipinski definition) is 1. The van der Waals surface area contributed by atoms with Crippen molar-refractivity contribution < 1.29 is 22.6 Å². The number of aromatic nitrogens is 4.